The minimum Gasteiger partial charge on any atom is -0.374 e. The second-order valence-electron chi connectivity index (χ2n) is 4.73. The van der Waals surface area contributed by atoms with Gasteiger partial charge in [0.1, 0.15) is 0 Å². The first-order valence-corrected chi connectivity index (χ1v) is 7.50. The van der Waals surface area contributed by atoms with Gasteiger partial charge in [0, 0.05) is 19.3 Å². The monoisotopic (exact) mass is 286 g/mol. The van der Waals surface area contributed by atoms with Crippen LogP contribution in [0.25, 0.3) is 0 Å². The number of hydrogen-bond acceptors (Lipinski definition) is 6. The molecular weight excluding hydrogens is 268 g/mol. The molecule has 0 spiro atoms. The van der Waals surface area contributed by atoms with Gasteiger partial charge >= 0.3 is 0 Å². The van der Waals surface area contributed by atoms with E-state index in [1.807, 2.05) is 6.92 Å². The third-order valence-electron chi connectivity index (χ3n) is 3.12. The van der Waals surface area contributed by atoms with Gasteiger partial charge in [-0.25, -0.2) is 18.1 Å². The van der Waals surface area contributed by atoms with Crippen molar-refractivity contribution in [3.63, 3.8) is 0 Å². The smallest absolute Gasteiger partial charge is 0.260 e. The van der Waals surface area contributed by atoms with Crippen molar-refractivity contribution in [2.24, 2.45) is 5.84 Å². The molecule has 0 aliphatic carbocycles. The van der Waals surface area contributed by atoms with Crippen LogP contribution in [0.2, 0.25) is 0 Å². The quantitative estimate of drug-likeness (QED) is 0.528. The van der Waals surface area contributed by atoms with E-state index in [0.29, 0.717) is 6.61 Å². The highest BCUT2D eigenvalue weighted by Gasteiger charge is 2.32. The van der Waals surface area contributed by atoms with Crippen LogP contribution in [-0.2, 0) is 14.8 Å². The van der Waals surface area contributed by atoms with Crippen LogP contribution in [0.4, 0.5) is 5.69 Å². The lowest BCUT2D eigenvalue weighted by Gasteiger charge is -2.23. The van der Waals surface area contributed by atoms with Crippen LogP contribution in [0.15, 0.2) is 23.4 Å². The van der Waals surface area contributed by atoms with E-state index in [4.69, 9.17) is 10.6 Å². The minimum atomic E-state index is -3.71. The lowest BCUT2D eigenvalue weighted by Crippen LogP contribution is -2.40. The largest absolute Gasteiger partial charge is 0.374 e. The van der Waals surface area contributed by atoms with Crippen molar-refractivity contribution in [3.05, 3.63) is 18.3 Å². The molecule has 1 aromatic rings. The van der Waals surface area contributed by atoms with Crippen LogP contribution in [0.1, 0.15) is 19.8 Å². The van der Waals surface area contributed by atoms with Crippen molar-refractivity contribution < 1.29 is 13.2 Å². The van der Waals surface area contributed by atoms with E-state index < -0.39 is 15.6 Å². The maximum absolute atomic E-state index is 12.2. The summed E-state index contributed by atoms with van der Waals surface area (Å²) in [4.78, 5) is 3.86. The van der Waals surface area contributed by atoms with Crippen LogP contribution in [0.3, 0.4) is 0 Å². The molecule has 8 heteroatoms. The topological polar surface area (TPSA) is 106 Å². The van der Waals surface area contributed by atoms with Gasteiger partial charge in [-0.1, -0.05) is 0 Å². The fourth-order valence-corrected chi connectivity index (χ4v) is 3.26. The predicted octanol–water partition coefficient (Wildman–Crippen LogP) is 0.215. The number of hydrazine groups is 1. The highest BCUT2D eigenvalue weighted by molar-refractivity contribution is 7.89. The summed E-state index contributed by atoms with van der Waals surface area (Å²) in [7, 11) is -3.71. The molecule has 4 N–H and O–H groups in total. The standard InChI is InChI=1S/C11H18N4O3S/c1-11(5-3-7-18-11)8-14-19(16,17)10-9(15-12)4-2-6-13-10/h2,4,6,14-15H,3,5,7-8,12H2,1H3. The summed E-state index contributed by atoms with van der Waals surface area (Å²) in [5.41, 5.74) is 2.14. The molecule has 1 aliphatic rings. The number of nitrogens with two attached hydrogens (primary N) is 1. The molecule has 7 nitrogen and oxygen atoms in total. The van der Waals surface area contributed by atoms with Gasteiger partial charge in [0.25, 0.3) is 10.0 Å². The number of anilines is 1. The fraction of sp³-hybridized carbons (Fsp3) is 0.545. The molecule has 1 aromatic heterocycles. The van der Waals surface area contributed by atoms with Crippen molar-refractivity contribution in [3.8, 4) is 0 Å². The van der Waals surface area contributed by atoms with Crippen molar-refractivity contribution in [1.29, 1.82) is 0 Å². The Morgan fingerprint density at radius 2 is 2.37 bits per heavy atom. The summed E-state index contributed by atoms with van der Waals surface area (Å²) in [6.07, 6.45) is 3.18. The van der Waals surface area contributed by atoms with E-state index in [0.717, 1.165) is 12.8 Å². The number of rotatable bonds is 5. The molecule has 0 amide bonds. The van der Waals surface area contributed by atoms with Gasteiger partial charge in [0.15, 0.2) is 5.03 Å². The van der Waals surface area contributed by atoms with E-state index in [9.17, 15) is 8.42 Å². The Morgan fingerprint density at radius 3 is 3.00 bits per heavy atom. The highest BCUT2D eigenvalue weighted by atomic mass is 32.2. The van der Waals surface area contributed by atoms with Gasteiger partial charge < -0.3 is 10.2 Å². The molecule has 0 bridgehead atoms. The van der Waals surface area contributed by atoms with Crippen LogP contribution in [0, 0.1) is 0 Å². The molecule has 0 radical (unpaired) electrons. The van der Waals surface area contributed by atoms with Gasteiger partial charge in [-0.2, -0.15) is 0 Å². The second kappa shape index (κ2) is 5.41. The van der Waals surface area contributed by atoms with E-state index in [2.05, 4.69) is 15.1 Å². The second-order valence-corrected chi connectivity index (χ2v) is 6.41. The molecule has 1 fully saturated rings. The number of aromatic nitrogens is 1. The van der Waals surface area contributed by atoms with E-state index in [1.165, 1.54) is 6.20 Å². The number of nitrogens with zero attached hydrogens (tertiary/aromatic N) is 1. The Hall–Kier alpha value is -1.22. The summed E-state index contributed by atoms with van der Waals surface area (Å²) in [5, 5.41) is -0.112. The van der Waals surface area contributed by atoms with E-state index >= 15 is 0 Å². The minimum absolute atomic E-state index is 0.112. The zero-order valence-corrected chi connectivity index (χ0v) is 11.5. The third kappa shape index (κ3) is 3.21. The van der Waals surface area contributed by atoms with Crippen molar-refractivity contribution in [2.45, 2.75) is 30.4 Å². The molecule has 2 rings (SSSR count). The summed E-state index contributed by atoms with van der Waals surface area (Å²) in [6, 6.07) is 3.16. The Bertz CT molecular complexity index is 541. The maximum Gasteiger partial charge on any atom is 0.260 e. The Morgan fingerprint density at radius 1 is 1.58 bits per heavy atom. The van der Waals surface area contributed by atoms with E-state index in [-0.39, 0.29) is 17.3 Å². The molecule has 0 aromatic carbocycles. The van der Waals surface area contributed by atoms with Gasteiger partial charge in [-0.15, -0.1) is 0 Å². The third-order valence-corrected chi connectivity index (χ3v) is 4.48. The molecular formula is C11H18N4O3S. The normalized spacial score (nSPS) is 23.5. The maximum atomic E-state index is 12.2. The Kier molecular flexibility index (Phi) is 4.04. The Balaban J connectivity index is 2.14. The fourth-order valence-electron chi connectivity index (χ4n) is 2.01. The van der Waals surface area contributed by atoms with Crippen molar-refractivity contribution >= 4 is 15.7 Å². The number of nitrogens with one attached hydrogen (secondary N) is 2. The van der Waals surface area contributed by atoms with Gasteiger partial charge in [0.05, 0.1) is 11.3 Å². The van der Waals surface area contributed by atoms with E-state index in [1.54, 1.807) is 12.1 Å². The Labute approximate surface area is 112 Å². The summed E-state index contributed by atoms with van der Waals surface area (Å²) in [6.45, 7) is 2.77. The number of sulfonamides is 1. The van der Waals surface area contributed by atoms with Crippen LogP contribution in [-0.4, -0.2) is 32.2 Å². The van der Waals surface area contributed by atoms with Gasteiger partial charge in [0.2, 0.25) is 0 Å². The first-order valence-electron chi connectivity index (χ1n) is 6.02. The summed E-state index contributed by atoms with van der Waals surface area (Å²) in [5.74, 6) is 5.28. The van der Waals surface area contributed by atoms with Crippen LogP contribution >= 0.6 is 0 Å². The molecule has 2 heterocycles. The number of nitrogen functional groups attached to an aromatic ring is 1. The zero-order chi connectivity index (χ0) is 13.9. The molecule has 1 aliphatic heterocycles. The molecule has 1 atom stereocenters. The lowest BCUT2D eigenvalue weighted by molar-refractivity contribution is 0.0250. The average Bonchev–Trinajstić information content (AvgIpc) is 2.84. The van der Waals surface area contributed by atoms with Gasteiger partial charge in [-0.05, 0) is 31.9 Å². The summed E-state index contributed by atoms with van der Waals surface area (Å²) >= 11 is 0. The first kappa shape index (κ1) is 14.2. The number of hydrogen-bond donors (Lipinski definition) is 3. The number of pyridine rings is 1. The zero-order valence-electron chi connectivity index (χ0n) is 10.7. The summed E-state index contributed by atoms with van der Waals surface area (Å²) < 4.78 is 32.4. The van der Waals surface area contributed by atoms with Gasteiger partial charge in [-0.3, -0.25) is 5.84 Å². The van der Waals surface area contributed by atoms with Crippen molar-refractivity contribution in [1.82, 2.24) is 9.71 Å². The molecule has 1 unspecified atom stereocenters. The van der Waals surface area contributed by atoms with Crippen LogP contribution in [0.5, 0.6) is 0 Å². The van der Waals surface area contributed by atoms with Crippen LogP contribution < -0.4 is 16.0 Å². The molecule has 106 valence electrons. The predicted molar refractivity (Wildman–Crippen MR) is 70.8 cm³/mol. The number of ether oxygens (including phenoxy) is 1. The van der Waals surface area contributed by atoms with Crippen molar-refractivity contribution in [2.75, 3.05) is 18.6 Å². The lowest BCUT2D eigenvalue weighted by atomic mass is 10.0. The molecule has 1 saturated heterocycles. The SMILES string of the molecule is CC1(CNS(=O)(=O)c2ncccc2NN)CCCO1. The molecule has 19 heavy (non-hydrogen) atoms. The molecule has 0 saturated carbocycles. The average molecular weight is 286 g/mol. The first-order chi connectivity index (χ1) is 8.97. The highest BCUT2D eigenvalue weighted by Crippen LogP contribution is 2.25.